The second kappa shape index (κ2) is 8.53. The molecule has 1 aromatic rings. The second-order valence-corrected chi connectivity index (χ2v) is 4.77. The zero-order valence-electron chi connectivity index (χ0n) is 12.0. The van der Waals surface area contributed by atoms with Crippen LogP contribution in [0.3, 0.4) is 0 Å². The summed E-state index contributed by atoms with van der Waals surface area (Å²) < 4.78 is 5.27. The third-order valence-corrected chi connectivity index (χ3v) is 2.81. The van der Waals surface area contributed by atoms with Gasteiger partial charge in [-0.3, -0.25) is 4.79 Å². The molecule has 0 aliphatic rings. The van der Waals surface area contributed by atoms with Crippen molar-refractivity contribution in [1.82, 2.24) is 10.6 Å². The number of nitrogens with one attached hydrogen (secondary N) is 2. The first kappa shape index (κ1) is 15.5. The van der Waals surface area contributed by atoms with Crippen molar-refractivity contribution in [2.24, 2.45) is 0 Å². The minimum atomic E-state index is 0.0862. The Labute approximate surface area is 115 Å². The summed E-state index contributed by atoms with van der Waals surface area (Å²) in [6.45, 7) is 5.50. The Morgan fingerprint density at radius 2 is 2.00 bits per heavy atom. The fraction of sp³-hybridized carbons (Fsp3) is 0.533. The van der Waals surface area contributed by atoms with Crippen LogP contribution in [0, 0.1) is 0 Å². The van der Waals surface area contributed by atoms with Gasteiger partial charge in [0.25, 0.3) is 0 Å². The standard InChI is InChI=1S/C15H24N2O2/c1-12(2)16-11-9-15(18)17-10-8-13-6-4-5-7-14(13)19-3/h4-7,12,16H,8-11H2,1-3H3,(H,17,18). The maximum Gasteiger partial charge on any atom is 0.221 e. The van der Waals surface area contributed by atoms with Gasteiger partial charge in [-0.2, -0.15) is 0 Å². The number of methoxy groups -OCH3 is 1. The molecule has 1 aromatic carbocycles. The maximum absolute atomic E-state index is 11.6. The minimum absolute atomic E-state index is 0.0862. The molecule has 19 heavy (non-hydrogen) atoms. The molecule has 1 rings (SSSR count). The van der Waals surface area contributed by atoms with Crippen LogP contribution in [0.5, 0.6) is 5.75 Å². The van der Waals surface area contributed by atoms with E-state index in [2.05, 4.69) is 24.5 Å². The van der Waals surface area contributed by atoms with Gasteiger partial charge in [-0.05, 0) is 18.1 Å². The number of hydrogen-bond acceptors (Lipinski definition) is 3. The molecule has 4 heteroatoms. The lowest BCUT2D eigenvalue weighted by atomic mass is 10.1. The molecule has 1 amide bonds. The Hall–Kier alpha value is -1.55. The molecule has 0 unspecified atom stereocenters. The molecule has 4 nitrogen and oxygen atoms in total. The van der Waals surface area contributed by atoms with Gasteiger partial charge >= 0.3 is 0 Å². The highest BCUT2D eigenvalue weighted by atomic mass is 16.5. The molecule has 0 aliphatic carbocycles. The van der Waals surface area contributed by atoms with E-state index in [4.69, 9.17) is 4.74 Å². The summed E-state index contributed by atoms with van der Waals surface area (Å²) in [7, 11) is 1.66. The number of carbonyl (C=O) groups is 1. The van der Waals surface area contributed by atoms with Gasteiger partial charge in [-0.15, -0.1) is 0 Å². The van der Waals surface area contributed by atoms with Crippen LogP contribution in [0.25, 0.3) is 0 Å². The molecule has 0 saturated heterocycles. The molecule has 0 bridgehead atoms. The summed E-state index contributed by atoms with van der Waals surface area (Å²) in [5.74, 6) is 0.960. The summed E-state index contributed by atoms with van der Waals surface area (Å²) >= 11 is 0. The van der Waals surface area contributed by atoms with Crippen molar-refractivity contribution in [3.05, 3.63) is 29.8 Å². The van der Waals surface area contributed by atoms with Crippen molar-refractivity contribution in [2.75, 3.05) is 20.2 Å². The van der Waals surface area contributed by atoms with E-state index in [1.807, 2.05) is 24.3 Å². The number of rotatable bonds is 8. The largest absolute Gasteiger partial charge is 0.496 e. The number of hydrogen-bond donors (Lipinski definition) is 2. The fourth-order valence-electron chi connectivity index (χ4n) is 1.81. The van der Waals surface area contributed by atoms with Gasteiger partial charge in [-0.1, -0.05) is 32.0 Å². The average molecular weight is 264 g/mol. The van der Waals surface area contributed by atoms with Gasteiger partial charge in [0, 0.05) is 25.6 Å². The molecule has 0 aromatic heterocycles. The first-order chi connectivity index (χ1) is 9.13. The van der Waals surface area contributed by atoms with Gasteiger partial charge < -0.3 is 15.4 Å². The fourth-order valence-corrected chi connectivity index (χ4v) is 1.81. The van der Waals surface area contributed by atoms with Crippen molar-refractivity contribution in [1.29, 1.82) is 0 Å². The summed E-state index contributed by atoms with van der Waals surface area (Å²) in [6.07, 6.45) is 1.30. The molecule has 0 spiro atoms. The van der Waals surface area contributed by atoms with Crippen molar-refractivity contribution in [3.8, 4) is 5.75 Å². The van der Waals surface area contributed by atoms with Crippen molar-refractivity contribution >= 4 is 5.91 Å². The molecular weight excluding hydrogens is 240 g/mol. The van der Waals surface area contributed by atoms with Crippen molar-refractivity contribution < 1.29 is 9.53 Å². The average Bonchev–Trinajstić information content (AvgIpc) is 2.39. The maximum atomic E-state index is 11.6. The summed E-state index contributed by atoms with van der Waals surface area (Å²) in [5, 5.41) is 6.14. The van der Waals surface area contributed by atoms with Crippen LogP contribution in [-0.4, -0.2) is 32.1 Å². The van der Waals surface area contributed by atoms with E-state index < -0.39 is 0 Å². The van der Waals surface area contributed by atoms with Crippen molar-refractivity contribution in [3.63, 3.8) is 0 Å². The van der Waals surface area contributed by atoms with Gasteiger partial charge in [-0.25, -0.2) is 0 Å². The lowest BCUT2D eigenvalue weighted by Gasteiger charge is -2.10. The Kier molecular flexibility index (Phi) is 6.97. The van der Waals surface area contributed by atoms with Crippen LogP contribution in [0.1, 0.15) is 25.8 Å². The van der Waals surface area contributed by atoms with Crippen molar-refractivity contribution in [2.45, 2.75) is 32.7 Å². The van der Waals surface area contributed by atoms with Crippen LogP contribution >= 0.6 is 0 Å². The summed E-state index contributed by atoms with van der Waals surface area (Å²) in [5.41, 5.74) is 1.12. The van der Waals surface area contributed by atoms with Crippen LogP contribution in [0.4, 0.5) is 0 Å². The molecule has 106 valence electrons. The third kappa shape index (κ3) is 6.25. The number of amides is 1. The van der Waals surface area contributed by atoms with Gasteiger partial charge in [0.1, 0.15) is 5.75 Å². The Bertz CT molecular complexity index is 391. The Morgan fingerprint density at radius 3 is 2.68 bits per heavy atom. The highest BCUT2D eigenvalue weighted by Crippen LogP contribution is 2.17. The molecule has 2 N–H and O–H groups in total. The third-order valence-electron chi connectivity index (χ3n) is 2.81. The Balaban J connectivity index is 2.24. The number of benzene rings is 1. The normalized spacial score (nSPS) is 10.5. The van der Waals surface area contributed by atoms with Crippen LogP contribution < -0.4 is 15.4 Å². The quantitative estimate of drug-likeness (QED) is 0.752. The van der Waals surface area contributed by atoms with Crippen LogP contribution in [-0.2, 0) is 11.2 Å². The molecule has 0 aliphatic heterocycles. The number of carbonyl (C=O) groups excluding carboxylic acids is 1. The highest BCUT2D eigenvalue weighted by molar-refractivity contribution is 5.76. The highest BCUT2D eigenvalue weighted by Gasteiger charge is 2.04. The molecule has 0 fully saturated rings. The van der Waals surface area contributed by atoms with E-state index >= 15 is 0 Å². The number of para-hydroxylation sites is 1. The summed E-state index contributed by atoms with van der Waals surface area (Å²) in [4.78, 5) is 11.6. The lowest BCUT2D eigenvalue weighted by Crippen LogP contribution is -2.31. The predicted octanol–water partition coefficient (Wildman–Crippen LogP) is 1.74. The van der Waals surface area contributed by atoms with E-state index in [0.29, 0.717) is 19.0 Å². The van der Waals surface area contributed by atoms with Gasteiger partial charge in [0.2, 0.25) is 5.91 Å². The molecular formula is C15H24N2O2. The summed E-state index contributed by atoms with van der Waals surface area (Å²) in [6, 6.07) is 8.29. The zero-order chi connectivity index (χ0) is 14.1. The van der Waals surface area contributed by atoms with E-state index in [1.54, 1.807) is 7.11 Å². The van der Waals surface area contributed by atoms with E-state index in [0.717, 1.165) is 24.3 Å². The van der Waals surface area contributed by atoms with Gasteiger partial charge in [0.05, 0.1) is 7.11 Å². The van der Waals surface area contributed by atoms with E-state index in [9.17, 15) is 4.79 Å². The smallest absolute Gasteiger partial charge is 0.221 e. The molecule has 0 saturated carbocycles. The van der Waals surface area contributed by atoms with Gasteiger partial charge in [0.15, 0.2) is 0 Å². The minimum Gasteiger partial charge on any atom is -0.496 e. The molecule has 0 radical (unpaired) electrons. The number of ether oxygens (including phenoxy) is 1. The first-order valence-corrected chi connectivity index (χ1v) is 6.75. The topological polar surface area (TPSA) is 50.4 Å². The van der Waals surface area contributed by atoms with E-state index in [-0.39, 0.29) is 5.91 Å². The first-order valence-electron chi connectivity index (χ1n) is 6.75. The lowest BCUT2D eigenvalue weighted by molar-refractivity contribution is -0.120. The predicted molar refractivity (Wildman–Crippen MR) is 77.5 cm³/mol. The van der Waals surface area contributed by atoms with Crippen LogP contribution in [0.15, 0.2) is 24.3 Å². The molecule has 0 heterocycles. The van der Waals surface area contributed by atoms with E-state index in [1.165, 1.54) is 0 Å². The van der Waals surface area contributed by atoms with Crippen LogP contribution in [0.2, 0.25) is 0 Å². The zero-order valence-corrected chi connectivity index (χ0v) is 12.0. The SMILES string of the molecule is COc1ccccc1CCNC(=O)CCNC(C)C. The Morgan fingerprint density at radius 1 is 1.26 bits per heavy atom. The monoisotopic (exact) mass is 264 g/mol. The second-order valence-electron chi connectivity index (χ2n) is 4.77. The molecule has 0 atom stereocenters.